The van der Waals surface area contributed by atoms with Crippen molar-refractivity contribution in [3.63, 3.8) is 0 Å². The van der Waals surface area contributed by atoms with E-state index in [1.54, 1.807) is 0 Å². The zero-order valence-corrected chi connectivity index (χ0v) is 16.5. The summed E-state index contributed by atoms with van der Waals surface area (Å²) in [7, 11) is 0. The fraction of sp³-hybridized carbons (Fsp3) is 0.409. The molecule has 0 amide bonds. The van der Waals surface area contributed by atoms with Crippen LogP contribution in [0.15, 0.2) is 42.5 Å². The molecule has 2 aromatic carbocycles. The highest BCUT2D eigenvalue weighted by molar-refractivity contribution is 6.31. The molecule has 0 saturated carbocycles. The Morgan fingerprint density at radius 3 is 2.70 bits per heavy atom. The highest BCUT2D eigenvalue weighted by Gasteiger charge is 2.26. The summed E-state index contributed by atoms with van der Waals surface area (Å²) in [5.74, 6) is 0.626. The van der Waals surface area contributed by atoms with E-state index >= 15 is 0 Å². The molecule has 0 bridgehead atoms. The number of esters is 1. The summed E-state index contributed by atoms with van der Waals surface area (Å²) in [5.41, 5.74) is 3.29. The van der Waals surface area contributed by atoms with Crippen LogP contribution in [0.1, 0.15) is 49.5 Å². The van der Waals surface area contributed by atoms with E-state index in [4.69, 9.17) is 25.8 Å². The van der Waals surface area contributed by atoms with Gasteiger partial charge in [-0.2, -0.15) is 0 Å². The molecule has 5 heteroatoms. The Hall–Kier alpha value is -2.04. The quantitative estimate of drug-likeness (QED) is 0.645. The first-order valence-electron chi connectivity index (χ1n) is 9.34. The molecule has 0 aromatic heterocycles. The molecule has 2 aromatic rings. The van der Waals surface area contributed by atoms with E-state index in [-0.39, 0.29) is 18.2 Å². The van der Waals surface area contributed by atoms with Crippen molar-refractivity contribution in [3.05, 3.63) is 64.2 Å². The van der Waals surface area contributed by atoms with Gasteiger partial charge in [-0.05, 0) is 48.2 Å². The van der Waals surface area contributed by atoms with Crippen LogP contribution in [0, 0.1) is 0 Å². The Bertz CT molecular complexity index is 772. The predicted molar refractivity (Wildman–Crippen MR) is 105 cm³/mol. The zero-order valence-electron chi connectivity index (χ0n) is 15.7. The molecule has 144 valence electrons. The maximum absolute atomic E-state index is 11.2. The van der Waals surface area contributed by atoms with Crippen LogP contribution in [0.4, 0.5) is 0 Å². The lowest BCUT2D eigenvalue weighted by atomic mass is 9.96. The number of ether oxygens (including phenoxy) is 3. The first-order valence-corrected chi connectivity index (χ1v) is 9.72. The summed E-state index contributed by atoms with van der Waals surface area (Å²) in [5, 5.41) is 0.736. The van der Waals surface area contributed by atoms with Crippen molar-refractivity contribution in [2.24, 2.45) is 0 Å². The van der Waals surface area contributed by atoms with Crippen molar-refractivity contribution in [1.82, 2.24) is 0 Å². The highest BCUT2D eigenvalue weighted by atomic mass is 35.5. The van der Waals surface area contributed by atoms with Gasteiger partial charge in [-0.1, -0.05) is 35.9 Å². The molecule has 1 heterocycles. The van der Waals surface area contributed by atoms with E-state index in [9.17, 15) is 4.79 Å². The first-order chi connectivity index (χ1) is 13.0. The largest absolute Gasteiger partial charge is 0.494 e. The van der Waals surface area contributed by atoms with Crippen LogP contribution in [0.2, 0.25) is 5.02 Å². The summed E-state index contributed by atoms with van der Waals surface area (Å²) >= 11 is 6.43. The van der Waals surface area contributed by atoms with E-state index in [1.807, 2.05) is 31.2 Å². The van der Waals surface area contributed by atoms with Crippen molar-refractivity contribution in [3.8, 4) is 5.75 Å². The van der Waals surface area contributed by atoms with Crippen molar-refractivity contribution >= 4 is 17.6 Å². The van der Waals surface area contributed by atoms with E-state index in [1.165, 1.54) is 12.5 Å². The third-order valence-electron chi connectivity index (χ3n) is 4.64. The Morgan fingerprint density at radius 2 is 2.00 bits per heavy atom. The van der Waals surface area contributed by atoms with Gasteiger partial charge in [0.25, 0.3) is 0 Å². The van der Waals surface area contributed by atoms with Crippen molar-refractivity contribution in [2.75, 3.05) is 13.2 Å². The van der Waals surface area contributed by atoms with Gasteiger partial charge in [0.05, 0.1) is 19.3 Å². The summed E-state index contributed by atoms with van der Waals surface area (Å²) in [6.07, 6.45) is 1.97. The third kappa shape index (κ3) is 5.47. The second kappa shape index (κ2) is 9.25. The molecule has 0 N–H and O–H groups in total. The SMILES string of the molecule is CCOc1ccc(Cc2cc([C@H]3CC(OC(C)=O)CCO3)ccc2Cl)cc1. The fourth-order valence-corrected chi connectivity index (χ4v) is 3.55. The van der Waals surface area contributed by atoms with E-state index in [0.717, 1.165) is 34.7 Å². The molecule has 2 atom stereocenters. The zero-order chi connectivity index (χ0) is 19.2. The average Bonchev–Trinajstić information content (AvgIpc) is 2.65. The molecule has 0 aliphatic carbocycles. The van der Waals surface area contributed by atoms with Crippen LogP contribution in [-0.2, 0) is 20.7 Å². The van der Waals surface area contributed by atoms with Gasteiger partial charge in [0, 0.05) is 24.8 Å². The Balaban J connectivity index is 1.72. The molecule has 1 unspecified atom stereocenters. The number of rotatable bonds is 6. The number of carbonyl (C=O) groups is 1. The maximum Gasteiger partial charge on any atom is 0.302 e. The molecule has 1 aliphatic heterocycles. The van der Waals surface area contributed by atoms with Crippen LogP contribution >= 0.6 is 11.6 Å². The van der Waals surface area contributed by atoms with Gasteiger partial charge in [-0.25, -0.2) is 0 Å². The van der Waals surface area contributed by atoms with Gasteiger partial charge in [0.15, 0.2) is 0 Å². The molecule has 4 nitrogen and oxygen atoms in total. The first kappa shape index (κ1) is 19.7. The third-order valence-corrected chi connectivity index (χ3v) is 5.01. The normalized spacial score (nSPS) is 19.5. The standard InChI is InChI=1S/C22H25ClO4/c1-3-25-19-7-4-16(5-8-19)12-18-13-17(6-9-21(18)23)22-14-20(10-11-26-22)27-15(2)24/h4-9,13,20,22H,3,10-12,14H2,1-2H3/t20?,22-/m1/s1. The number of benzene rings is 2. The predicted octanol–water partition coefficient (Wildman–Crippen LogP) is 5.11. The van der Waals surface area contributed by atoms with Gasteiger partial charge >= 0.3 is 5.97 Å². The van der Waals surface area contributed by atoms with Crippen LogP contribution in [-0.4, -0.2) is 25.3 Å². The lowest BCUT2D eigenvalue weighted by molar-refractivity contribution is -0.153. The molecule has 1 fully saturated rings. The Morgan fingerprint density at radius 1 is 1.22 bits per heavy atom. The van der Waals surface area contributed by atoms with Gasteiger partial charge in [0.1, 0.15) is 11.9 Å². The highest BCUT2D eigenvalue weighted by Crippen LogP contribution is 2.32. The van der Waals surface area contributed by atoms with Gasteiger partial charge in [0.2, 0.25) is 0 Å². The number of carbonyl (C=O) groups excluding carboxylic acids is 1. The second-order valence-electron chi connectivity index (χ2n) is 6.72. The Kier molecular flexibility index (Phi) is 6.75. The van der Waals surface area contributed by atoms with E-state index in [2.05, 4.69) is 18.2 Å². The lowest BCUT2D eigenvalue weighted by Gasteiger charge is -2.29. The molecule has 1 aliphatic rings. The van der Waals surface area contributed by atoms with Crippen LogP contribution in [0.25, 0.3) is 0 Å². The summed E-state index contributed by atoms with van der Waals surface area (Å²) in [6, 6.07) is 14.1. The van der Waals surface area contributed by atoms with Crippen molar-refractivity contribution in [1.29, 1.82) is 0 Å². The summed E-state index contributed by atoms with van der Waals surface area (Å²) in [4.78, 5) is 11.2. The van der Waals surface area contributed by atoms with Crippen LogP contribution < -0.4 is 4.74 Å². The lowest BCUT2D eigenvalue weighted by Crippen LogP contribution is -2.27. The molecule has 0 radical (unpaired) electrons. The minimum absolute atomic E-state index is 0.0838. The molecular formula is C22H25ClO4. The molecule has 27 heavy (non-hydrogen) atoms. The van der Waals surface area contributed by atoms with Crippen molar-refractivity contribution < 1.29 is 19.0 Å². The van der Waals surface area contributed by atoms with E-state index in [0.29, 0.717) is 19.6 Å². The fourth-order valence-electron chi connectivity index (χ4n) is 3.36. The summed E-state index contributed by atoms with van der Waals surface area (Å²) < 4.78 is 16.8. The number of hydrogen-bond acceptors (Lipinski definition) is 4. The number of hydrogen-bond donors (Lipinski definition) is 0. The van der Waals surface area contributed by atoms with Gasteiger partial charge in [-0.15, -0.1) is 0 Å². The van der Waals surface area contributed by atoms with Gasteiger partial charge < -0.3 is 14.2 Å². The molecule has 1 saturated heterocycles. The Labute approximate surface area is 165 Å². The van der Waals surface area contributed by atoms with Crippen LogP contribution in [0.5, 0.6) is 5.75 Å². The minimum Gasteiger partial charge on any atom is -0.494 e. The smallest absolute Gasteiger partial charge is 0.302 e. The molecule has 0 spiro atoms. The van der Waals surface area contributed by atoms with Gasteiger partial charge in [-0.3, -0.25) is 4.79 Å². The van der Waals surface area contributed by atoms with Crippen molar-refractivity contribution in [2.45, 2.75) is 45.3 Å². The maximum atomic E-state index is 11.2. The monoisotopic (exact) mass is 388 g/mol. The molecular weight excluding hydrogens is 364 g/mol. The number of halogens is 1. The van der Waals surface area contributed by atoms with E-state index < -0.39 is 0 Å². The second-order valence-corrected chi connectivity index (χ2v) is 7.13. The topological polar surface area (TPSA) is 44.8 Å². The average molecular weight is 389 g/mol. The summed E-state index contributed by atoms with van der Waals surface area (Å²) in [6.45, 7) is 4.66. The minimum atomic E-state index is -0.243. The molecule has 3 rings (SSSR count). The van der Waals surface area contributed by atoms with Crippen LogP contribution in [0.3, 0.4) is 0 Å².